The Hall–Kier alpha value is -1.57. The van der Waals surface area contributed by atoms with Crippen LogP contribution >= 0.6 is 0 Å². The average molecular weight is 340 g/mol. The highest BCUT2D eigenvalue weighted by atomic mass is 14.8. The lowest BCUT2D eigenvalue weighted by molar-refractivity contribution is 0.500. The number of aryl methyl sites for hydroxylation is 1. The van der Waals surface area contributed by atoms with Gasteiger partial charge in [-0.1, -0.05) is 98.1 Å². The molecule has 0 aromatic heterocycles. The summed E-state index contributed by atoms with van der Waals surface area (Å²) in [6.07, 6.45) is 3.13. The van der Waals surface area contributed by atoms with Crippen LogP contribution in [-0.4, -0.2) is 12.9 Å². The van der Waals surface area contributed by atoms with E-state index < -0.39 is 0 Å². The van der Waals surface area contributed by atoms with Gasteiger partial charge in [-0.15, -0.1) is 6.58 Å². The number of nitrogens with zero attached hydrogens (tertiary/aromatic N) is 1. The van der Waals surface area contributed by atoms with Crippen LogP contribution in [0.15, 0.2) is 47.6 Å². The third-order valence-electron chi connectivity index (χ3n) is 3.37. The van der Waals surface area contributed by atoms with Gasteiger partial charge >= 0.3 is 0 Å². The van der Waals surface area contributed by atoms with E-state index in [0.29, 0.717) is 0 Å². The van der Waals surface area contributed by atoms with Gasteiger partial charge < -0.3 is 0 Å². The molecule has 0 saturated heterocycles. The first-order valence-corrected chi connectivity index (χ1v) is 9.76. The van der Waals surface area contributed by atoms with Crippen LogP contribution in [-0.2, 0) is 0 Å². The summed E-state index contributed by atoms with van der Waals surface area (Å²) in [5.74, 6) is 0. The Bertz CT molecular complexity index is 560. The molecule has 0 spiro atoms. The van der Waals surface area contributed by atoms with E-state index in [1.165, 1.54) is 16.8 Å². The van der Waals surface area contributed by atoms with E-state index >= 15 is 0 Å². The zero-order chi connectivity index (χ0) is 20.0. The van der Waals surface area contributed by atoms with Gasteiger partial charge in [-0.2, -0.15) is 0 Å². The summed E-state index contributed by atoms with van der Waals surface area (Å²) in [5, 5.41) is 0. The molecule has 139 valence electrons. The van der Waals surface area contributed by atoms with Crippen molar-refractivity contribution in [1.82, 2.24) is 0 Å². The van der Waals surface area contributed by atoms with Crippen LogP contribution < -0.4 is 0 Å². The first-order chi connectivity index (χ1) is 11.9. The number of hydrogen-bond acceptors (Lipinski definition) is 1. The molecule has 0 amide bonds. The van der Waals surface area contributed by atoms with E-state index in [-0.39, 0.29) is 5.41 Å². The zero-order valence-electron chi connectivity index (χ0n) is 18.3. The second kappa shape index (κ2) is 13.7. The number of rotatable bonds is 3. The number of aliphatic imine (C=N–C) groups is 1. The van der Waals surface area contributed by atoms with E-state index in [1.54, 1.807) is 0 Å². The molecule has 0 saturated carbocycles. The number of hydrogen-bond donors (Lipinski definition) is 0. The predicted molar refractivity (Wildman–Crippen MR) is 120 cm³/mol. The monoisotopic (exact) mass is 340 g/mol. The molecule has 1 aromatic carbocycles. The summed E-state index contributed by atoms with van der Waals surface area (Å²) < 4.78 is 0. The molecule has 1 heterocycles. The van der Waals surface area contributed by atoms with E-state index in [0.717, 1.165) is 17.5 Å². The molecule has 1 nitrogen and oxygen atoms in total. The van der Waals surface area contributed by atoms with Crippen molar-refractivity contribution in [3.8, 4) is 0 Å². The maximum Gasteiger partial charge on any atom is 0.211 e. The van der Waals surface area contributed by atoms with Crippen LogP contribution in [0.5, 0.6) is 0 Å². The third kappa shape index (κ3) is 8.91. The molecular weight excluding hydrogens is 301 g/mol. The third-order valence-corrected chi connectivity index (χ3v) is 3.37. The van der Waals surface area contributed by atoms with Gasteiger partial charge in [0.15, 0.2) is 0 Å². The van der Waals surface area contributed by atoms with Crippen LogP contribution in [0.2, 0.25) is 0 Å². The van der Waals surface area contributed by atoms with E-state index in [2.05, 4.69) is 71.9 Å². The highest BCUT2D eigenvalue weighted by Crippen LogP contribution is 2.30. The van der Waals surface area contributed by atoms with Crippen LogP contribution in [0.25, 0.3) is 5.47 Å². The van der Waals surface area contributed by atoms with Crippen molar-refractivity contribution in [2.75, 3.05) is 0 Å². The Labute approximate surface area is 158 Å². The molecule has 1 aromatic rings. The molecule has 0 bridgehead atoms. The molecule has 0 fully saturated rings. The smallest absolute Gasteiger partial charge is 0.211 e. The Balaban J connectivity index is 0. The van der Waals surface area contributed by atoms with Crippen LogP contribution in [0.3, 0.4) is 0 Å². The summed E-state index contributed by atoms with van der Waals surface area (Å²) in [4.78, 5) is 4.72. The predicted octanol–water partition coefficient (Wildman–Crippen LogP) is 7.48. The van der Waals surface area contributed by atoms with E-state index in [9.17, 15) is 0 Å². The van der Waals surface area contributed by atoms with Gasteiger partial charge in [-0.3, -0.25) is 4.99 Å². The normalized spacial score (nSPS) is 12.1. The molecule has 0 N–H and O–H groups in total. The van der Waals surface area contributed by atoms with Crippen molar-refractivity contribution >= 4 is 18.4 Å². The Morgan fingerprint density at radius 1 is 1.00 bits per heavy atom. The highest BCUT2D eigenvalue weighted by molar-refractivity contribution is 6.89. The molecular formula is C23H39BN. The van der Waals surface area contributed by atoms with Crippen molar-refractivity contribution in [2.45, 2.75) is 75.7 Å². The lowest BCUT2D eigenvalue weighted by Gasteiger charge is -2.17. The largest absolute Gasteiger partial charge is 0.272 e. The van der Waals surface area contributed by atoms with Crippen molar-refractivity contribution in [1.29, 1.82) is 0 Å². The van der Waals surface area contributed by atoms with Crippen LogP contribution in [0.1, 0.15) is 79.9 Å². The van der Waals surface area contributed by atoms with Gasteiger partial charge in [0.05, 0.1) is 0 Å². The van der Waals surface area contributed by atoms with Gasteiger partial charge in [-0.05, 0) is 30.1 Å². The summed E-state index contributed by atoms with van der Waals surface area (Å²) in [6, 6.07) is 8.33. The molecule has 0 aliphatic carbocycles. The van der Waals surface area contributed by atoms with Gasteiger partial charge in [0.25, 0.3) is 0 Å². The lowest BCUT2D eigenvalue weighted by atomic mass is 9.62. The minimum Gasteiger partial charge on any atom is -0.272 e. The minimum absolute atomic E-state index is 0.125. The lowest BCUT2D eigenvalue weighted by Crippen LogP contribution is -2.10. The van der Waals surface area contributed by atoms with Crippen LogP contribution in [0.4, 0.5) is 0 Å². The van der Waals surface area contributed by atoms with E-state index in [4.69, 9.17) is 4.99 Å². The van der Waals surface area contributed by atoms with Gasteiger partial charge in [0.1, 0.15) is 0 Å². The fourth-order valence-electron chi connectivity index (χ4n) is 2.22. The SMILES string of the molecule is C=C([B]C1=NC(C(C)(C)C)=CC1)c1ccccc1C.CC.CC.CC. The van der Waals surface area contributed by atoms with Crippen molar-refractivity contribution < 1.29 is 0 Å². The van der Waals surface area contributed by atoms with Gasteiger partial charge in [0, 0.05) is 11.1 Å². The summed E-state index contributed by atoms with van der Waals surface area (Å²) in [5.41, 5.74) is 5.91. The van der Waals surface area contributed by atoms with Gasteiger partial charge in [-0.25, -0.2) is 0 Å². The first-order valence-electron chi connectivity index (χ1n) is 9.76. The Morgan fingerprint density at radius 2 is 1.52 bits per heavy atom. The summed E-state index contributed by atoms with van der Waals surface area (Å²) >= 11 is 0. The molecule has 2 rings (SSSR count). The Morgan fingerprint density at radius 3 is 1.96 bits per heavy atom. The number of allylic oxidation sites excluding steroid dienone is 2. The molecule has 2 heteroatoms. The molecule has 1 aliphatic rings. The molecule has 1 aliphatic heterocycles. The molecule has 0 atom stereocenters. The second-order valence-corrected chi connectivity index (χ2v) is 6.13. The summed E-state index contributed by atoms with van der Waals surface area (Å²) in [6.45, 7) is 24.9. The van der Waals surface area contributed by atoms with Crippen LogP contribution in [0, 0.1) is 12.3 Å². The highest BCUT2D eigenvalue weighted by Gasteiger charge is 2.21. The van der Waals surface area contributed by atoms with Gasteiger partial charge in [0.2, 0.25) is 7.28 Å². The zero-order valence-corrected chi connectivity index (χ0v) is 18.3. The number of benzene rings is 1. The second-order valence-electron chi connectivity index (χ2n) is 6.13. The topological polar surface area (TPSA) is 12.4 Å². The maximum absolute atomic E-state index is 4.72. The molecule has 25 heavy (non-hydrogen) atoms. The first kappa shape index (κ1) is 25.7. The van der Waals surface area contributed by atoms with Crippen molar-refractivity contribution in [2.24, 2.45) is 10.4 Å². The minimum atomic E-state index is 0.125. The fraction of sp³-hybridized carbons (Fsp3) is 0.522. The fourth-order valence-corrected chi connectivity index (χ4v) is 2.22. The molecule has 1 radical (unpaired) electrons. The van der Waals surface area contributed by atoms with E-state index in [1.807, 2.05) is 41.5 Å². The average Bonchev–Trinajstić information content (AvgIpc) is 3.09. The quantitative estimate of drug-likeness (QED) is 0.506. The summed E-state index contributed by atoms with van der Waals surface area (Å²) in [7, 11) is 2.11. The molecule has 0 unspecified atom stereocenters. The van der Waals surface area contributed by atoms with Crippen molar-refractivity contribution in [3.63, 3.8) is 0 Å². The Kier molecular flexibility index (Phi) is 14.1. The maximum atomic E-state index is 4.72. The van der Waals surface area contributed by atoms with Crippen molar-refractivity contribution in [3.05, 3.63) is 53.7 Å². The standard InChI is InChI=1S/C17H21BN.3C2H6/c1-12-8-6-7-9-14(12)13(2)18-16-11-10-15(19-16)17(3,4)5;3*1-2/h6-10H,2,11H2,1,3-5H3;3*1-2H3.